The number of aromatic nitrogens is 7. The van der Waals surface area contributed by atoms with E-state index in [-0.39, 0.29) is 20.1 Å². The van der Waals surface area contributed by atoms with E-state index in [0.29, 0.717) is 5.82 Å². The number of aryl methyl sites for hydroxylation is 2. The van der Waals surface area contributed by atoms with Gasteiger partial charge in [0.1, 0.15) is 5.82 Å². The predicted molar refractivity (Wildman–Crippen MR) is 85.0 cm³/mol. The van der Waals surface area contributed by atoms with E-state index in [1.54, 1.807) is 12.4 Å². The molecule has 0 bridgehead atoms. The van der Waals surface area contributed by atoms with E-state index in [9.17, 15) is 0 Å². The summed E-state index contributed by atoms with van der Waals surface area (Å²) in [7, 11) is 3.86. The molecule has 0 amide bonds. The van der Waals surface area contributed by atoms with Crippen LogP contribution in [0.25, 0.3) is 23.0 Å². The van der Waals surface area contributed by atoms with Crippen molar-refractivity contribution in [1.82, 2.24) is 34.3 Å². The molecule has 4 aromatic rings. The van der Waals surface area contributed by atoms with Crippen molar-refractivity contribution in [3.8, 4) is 23.0 Å². The van der Waals surface area contributed by atoms with Crippen molar-refractivity contribution < 1.29 is 20.1 Å². The molecule has 0 unspecified atom stereocenters. The fourth-order valence-corrected chi connectivity index (χ4v) is 2.03. The van der Waals surface area contributed by atoms with Gasteiger partial charge in [0, 0.05) is 59.0 Å². The molecule has 0 aliphatic heterocycles. The van der Waals surface area contributed by atoms with Gasteiger partial charge in [-0.1, -0.05) is 0 Å². The van der Waals surface area contributed by atoms with Gasteiger partial charge in [-0.25, -0.2) is 4.98 Å². The van der Waals surface area contributed by atoms with E-state index in [1.807, 2.05) is 59.9 Å². The molecule has 1 aromatic carbocycles. The third-order valence-electron chi connectivity index (χ3n) is 3.18. The van der Waals surface area contributed by atoms with Crippen LogP contribution in [-0.2, 0) is 34.2 Å². The third kappa shape index (κ3) is 4.04. The Morgan fingerprint density at radius 1 is 1.00 bits per heavy atom. The van der Waals surface area contributed by atoms with Crippen molar-refractivity contribution >= 4 is 0 Å². The van der Waals surface area contributed by atoms with E-state index in [0.717, 1.165) is 17.2 Å². The van der Waals surface area contributed by atoms with Crippen molar-refractivity contribution in [3.63, 3.8) is 0 Å². The first kappa shape index (κ1) is 17.8. The van der Waals surface area contributed by atoms with Crippen LogP contribution in [0.1, 0.15) is 0 Å². The number of imidazole rings is 2. The van der Waals surface area contributed by atoms with Crippen molar-refractivity contribution in [2.75, 3.05) is 0 Å². The predicted octanol–water partition coefficient (Wildman–Crippen LogP) is 1.72. The summed E-state index contributed by atoms with van der Waals surface area (Å²) >= 11 is 0. The van der Waals surface area contributed by atoms with E-state index in [1.165, 1.54) is 6.33 Å². The monoisotopic (exact) mass is 498 g/mol. The van der Waals surface area contributed by atoms with Gasteiger partial charge in [-0.3, -0.25) is 4.98 Å². The Labute approximate surface area is 153 Å². The molecular formula is C16H15IrN7-2. The van der Waals surface area contributed by atoms with Gasteiger partial charge >= 0.3 is 0 Å². The molecule has 0 atom stereocenters. The average molecular weight is 498 g/mol. The minimum absolute atomic E-state index is 0. The average Bonchev–Trinajstić information content (AvgIpc) is 3.30. The van der Waals surface area contributed by atoms with Gasteiger partial charge in [0.25, 0.3) is 0 Å². The van der Waals surface area contributed by atoms with Crippen LogP contribution < -0.4 is 4.98 Å². The van der Waals surface area contributed by atoms with Crippen LogP contribution in [0.3, 0.4) is 0 Å². The van der Waals surface area contributed by atoms with Crippen LogP contribution in [0.2, 0.25) is 0 Å². The summed E-state index contributed by atoms with van der Waals surface area (Å²) in [5, 5.41) is 7.38. The first-order valence-corrected chi connectivity index (χ1v) is 6.98. The maximum absolute atomic E-state index is 4.22. The van der Waals surface area contributed by atoms with Crippen LogP contribution in [0.5, 0.6) is 0 Å². The smallest absolute Gasteiger partial charge is 0.145 e. The molecule has 4 rings (SSSR count). The normalized spacial score (nSPS) is 9.75. The molecule has 0 N–H and O–H groups in total. The molecule has 1 radical (unpaired) electrons. The first-order chi connectivity index (χ1) is 11.3. The molecule has 3 heterocycles. The third-order valence-corrected chi connectivity index (χ3v) is 3.18. The van der Waals surface area contributed by atoms with Gasteiger partial charge in [-0.2, -0.15) is 0 Å². The van der Waals surface area contributed by atoms with Gasteiger partial charge in [0.05, 0.1) is 11.6 Å². The van der Waals surface area contributed by atoms with Crippen molar-refractivity contribution in [2.24, 2.45) is 14.1 Å². The van der Waals surface area contributed by atoms with E-state index >= 15 is 0 Å². The first-order valence-electron chi connectivity index (χ1n) is 6.98. The maximum Gasteiger partial charge on any atom is 0.145 e. The molecule has 0 spiro atoms. The number of hydrogen-bond acceptors (Lipinski definition) is 4. The standard InChI is InChI=1S/C10H9N2.C6H6N5.Ir/c1-12-8-7-11-10(12)9-5-3-2-4-6-9;1-11-3-2-7-6(11)5-8-4-9-10-5;/h2-5,7-8H,1H3;2-4H,1H3;/q2*-1;. The van der Waals surface area contributed by atoms with Crippen LogP contribution in [-0.4, -0.2) is 29.3 Å². The molecule has 8 heteroatoms. The Balaban J connectivity index is 0.000000167. The van der Waals surface area contributed by atoms with Crippen LogP contribution in [0, 0.1) is 6.07 Å². The number of hydrogen-bond donors (Lipinski definition) is 0. The van der Waals surface area contributed by atoms with Gasteiger partial charge in [0.2, 0.25) is 0 Å². The molecule has 7 nitrogen and oxygen atoms in total. The Morgan fingerprint density at radius 2 is 1.71 bits per heavy atom. The maximum atomic E-state index is 4.22. The van der Waals surface area contributed by atoms with Gasteiger partial charge in [0.15, 0.2) is 0 Å². The fraction of sp³-hybridized carbons (Fsp3) is 0.125. The topological polar surface area (TPSA) is 75.5 Å². The molecule has 24 heavy (non-hydrogen) atoms. The van der Waals surface area contributed by atoms with Crippen molar-refractivity contribution in [1.29, 1.82) is 0 Å². The van der Waals surface area contributed by atoms with Gasteiger partial charge in [-0.15, -0.1) is 35.9 Å². The number of rotatable bonds is 2. The van der Waals surface area contributed by atoms with E-state index in [2.05, 4.69) is 31.2 Å². The van der Waals surface area contributed by atoms with Gasteiger partial charge in [-0.05, 0) is 6.33 Å². The summed E-state index contributed by atoms with van der Waals surface area (Å²) in [6.45, 7) is 0. The molecule has 3 aromatic heterocycles. The summed E-state index contributed by atoms with van der Waals surface area (Å²) in [5.41, 5.74) is 1.03. The molecule has 0 saturated heterocycles. The summed E-state index contributed by atoms with van der Waals surface area (Å²) in [6, 6.07) is 11.0. The van der Waals surface area contributed by atoms with Crippen molar-refractivity contribution in [3.05, 3.63) is 61.4 Å². The summed E-state index contributed by atoms with van der Waals surface area (Å²) in [5.74, 6) is 2.26. The zero-order chi connectivity index (χ0) is 16.1. The SMILES string of the molecule is Cn1ccnc1-c1[c-]cccc1.Cn1ccnc1-c1nnc[n-]1.[Ir]. The fourth-order valence-electron chi connectivity index (χ4n) is 2.03. The number of benzene rings is 1. The molecule has 0 saturated carbocycles. The summed E-state index contributed by atoms with van der Waals surface area (Å²) in [4.78, 5) is 12.2. The minimum atomic E-state index is 0. The summed E-state index contributed by atoms with van der Waals surface area (Å²) in [6.07, 6.45) is 8.66. The largest absolute Gasteiger partial charge is 0.373 e. The quantitative estimate of drug-likeness (QED) is 0.395. The zero-order valence-electron chi connectivity index (χ0n) is 13.2. The Bertz CT molecular complexity index is 850. The van der Waals surface area contributed by atoms with Gasteiger partial charge < -0.3 is 24.3 Å². The Hall–Kier alpha value is -2.57. The summed E-state index contributed by atoms with van der Waals surface area (Å²) < 4.78 is 3.82. The second-order valence-electron chi connectivity index (χ2n) is 4.78. The van der Waals surface area contributed by atoms with E-state index in [4.69, 9.17) is 0 Å². The Kier molecular flexibility index (Phi) is 6.17. The number of nitrogens with zero attached hydrogens (tertiary/aromatic N) is 7. The molecule has 125 valence electrons. The van der Waals surface area contributed by atoms with Crippen LogP contribution in [0.15, 0.2) is 55.4 Å². The second kappa shape index (κ2) is 8.33. The molecule has 0 aliphatic rings. The molecule has 0 aliphatic carbocycles. The second-order valence-corrected chi connectivity index (χ2v) is 4.78. The van der Waals surface area contributed by atoms with E-state index < -0.39 is 0 Å². The minimum Gasteiger partial charge on any atom is -0.373 e. The van der Waals surface area contributed by atoms with Crippen LogP contribution >= 0.6 is 0 Å². The molecule has 0 fully saturated rings. The Morgan fingerprint density at radius 3 is 2.21 bits per heavy atom. The molecular weight excluding hydrogens is 482 g/mol. The zero-order valence-corrected chi connectivity index (χ0v) is 15.6. The van der Waals surface area contributed by atoms with Crippen molar-refractivity contribution in [2.45, 2.75) is 0 Å². The van der Waals surface area contributed by atoms with Crippen LogP contribution in [0.4, 0.5) is 0 Å².